The molecule has 9 heteroatoms. The summed E-state index contributed by atoms with van der Waals surface area (Å²) in [7, 11) is 0. The number of amides is 2. The van der Waals surface area contributed by atoms with Crippen molar-refractivity contribution >= 4 is 35.4 Å². The Morgan fingerprint density at radius 2 is 2.00 bits per heavy atom. The molecule has 2 amide bonds. The Kier molecular flexibility index (Phi) is 4.58. The maximum absolute atomic E-state index is 12.5. The molecule has 0 bridgehead atoms. The zero-order chi connectivity index (χ0) is 16.4. The number of hydrogen-bond acceptors (Lipinski definition) is 5. The van der Waals surface area contributed by atoms with Crippen LogP contribution in [0.15, 0.2) is 17.5 Å². The van der Waals surface area contributed by atoms with E-state index in [1.165, 1.54) is 0 Å². The highest BCUT2D eigenvalue weighted by Crippen LogP contribution is 2.22. The molecule has 1 aliphatic heterocycles. The van der Waals surface area contributed by atoms with Crippen LogP contribution in [0, 0.1) is 4.77 Å². The Labute approximate surface area is 142 Å². The minimum atomic E-state index is -0.0106. The monoisotopic (exact) mass is 351 g/mol. The summed E-state index contributed by atoms with van der Waals surface area (Å²) in [6.45, 7) is 3.97. The van der Waals surface area contributed by atoms with Crippen molar-refractivity contribution in [3.05, 3.63) is 22.3 Å². The van der Waals surface area contributed by atoms with Gasteiger partial charge in [0.15, 0.2) is 10.6 Å². The van der Waals surface area contributed by atoms with E-state index in [1.807, 2.05) is 17.5 Å². The van der Waals surface area contributed by atoms with Crippen LogP contribution >= 0.6 is 23.6 Å². The summed E-state index contributed by atoms with van der Waals surface area (Å²) in [6.07, 6.45) is 0. The van der Waals surface area contributed by atoms with Crippen molar-refractivity contribution < 1.29 is 9.59 Å². The first kappa shape index (κ1) is 15.9. The Morgan fingerprint density at radius 3 is 2.61 bits per heavy atom. The molecule has 1 N–H and O–H groups in total. The molecular weight excluding hydrogens is 334 g/mol. The molecule has 0 aromatic carbocycles. The van der Waals surface area contributed by atoms with Crippen LogP contribution in [-0.4, -0.2) is 62.6 Å². The summed E-state index contributed by atoms with van der Waals surface area (Å²) in [6, 6.07) is 3.88. The van der Waals surface area contributed by atoms with E-state index < -0.39 is 0 Å². The first-order valence-corrected chi connectivity index (χ1v) is 8.57. The van der Waals surface area contributed by atoms with Gasteiger partial charge in [0.25, 0.3) is 0 Å². The van der Waals surface area contributed by atoms with Gasteiger partial charge in [-0.25, -0.2) is 0 Å². The van der Waals surface area contributed by atoms with E-state index in [0.29, 0.717) is 36.8 Å². The van der Waals surface area contributed by atoms with Crippen LogP contribution in [0.2, 0.25) is 0 Å². The summed E-state index contributed by atoms with van der Waals surface area (Å²) in [5, 5.41) is 8.94. The summed E-state index contributed by atoms with van der Waals surface area (Å²) < 4.78 is 2.16. The molecule has 2 aromatic rings. The van der Waals surface area contributed by atoms with E-state index in [9.17, 15) is 9.59 Å². The smallest absolute Gasteiger partial charge is 0.242 e. The highest BCUT2D eigenvalue weighted by Gasteiger charge is 2.23. The molecule has 0 saturated carbocycles. The number of nitrogens with one attached hydrogen (secondary N) is 1. The van der Waals surface area contributed by atoms with Crippen LogP contribution in [0.25, 0.3) is 10.7 Å². The molecule has 1 saturated heterocycles. The molecule has 23 heavy (non-hydrogen) atoms. The molecular formula is C14H17N5O2S2. The van der Waals surface area contributed by atoms with Gasteiger partial charge >= 0.3 is 0 Å². The quantitative estimate of drug-likeness (QED) is 0.848. The SMILES string of the molecule is CC(=O)N1CCN(C(=O)Cn2c(-c3cccs3)n[nH]c2=S)CC1. The Hall–Kier alpha value is -2.00. The molecule has 3 rings (SSSR count). The van der Waals surface area contributed by atoms with Crippen molar-refractivity contribution in [2.24, 2.45) is 0 Å². The van der Waals surface area contributed by atoms with Gasteiger partial charge in [0.2, 0.25) is 11.8 Å². The van der Waals surface area contributed by atoms with E-state index in [1.54, 1.807) is 32.6 Å². The van der Waals surface area contributed by atoms with Gasteiger partial charge < -0.3 is 9.80 Å². The lowest BCUT2D eigenvalue weighted by Crippen LogP contribution is -2.50. The van der Waals surface area contributed by atoms with E-state index in [4.69, 9.17) is 12.2 Å². The van der Waals surface area contributed by atoms with Crippen molar-refractivity contribution in [2.75, 3.05) is 26.2 Å². The standard InChI is InChI=1S/C14H17N5O2S2/c1-10(20)17-4-6-18(7-5-17)12(21)9-19-13(15-16-14(19)22)11-3-2-8-23-11/h2-3,8H,4-7,9H2,1H3,(H,16,22). The number of H-pyrrole nitrogens is 1. The number of carbonyl (C=O) groups excluding carboxylic acids is 2. The molecule has 0 radical (unpaired) electrons. The Bertz CT molecular complexity index is 756. The third-order valence-electron chi connectivity index (χ3n) is 3.87. The second-order valence-electron chi connectivity index (χ2n) is 5.30. The van der Waals surface area contributed by atoms with Crippen molar-refractivity contribution in [2.45, 2.75) is 13.5 Å². The fraction of sp³-hybridized carbons (Fsp3) is 0.429. The highest BCUT2D eigenvalue weighted by atomic mass is 32.1. The van der Waals surface area contributed by atoms with Gasteiger partial charge in [-0.1, -0.05) is 6.07 Å². The van der Waals surface area contributed by atoms with E-state index >= 15 is 0 Å². The first-order valence-electron chi connectivity index (χ1n) is 7.28. The summed E-state index contributed by atoms with van der Waals surface area (Å²) >= 11 is 6.80. The average Bonchev–Trinajstić information content (AvgIpc) is 3.18. The second-order valence-corrected chi connectivity index (χ2v) is 6.64. The van der Waals surface area contributed by atoms with E-state index in [2.05, 4.69) is 10.2 Å². The Morgan fingerprint density at radius 1 is 1.30 bits per heavy atom. The zero-order valence-electron chi connectivity index (χ0n) is 12.7. The molecule has 3 heterocycles. The number of thiophene rings is 1. The normalized spacial score (nSPS) is 15.0. The predicted octanol–water partition coefficient (Wildman–Crippen LogP) is 1.36. The maximum atomic E-state index is 12.5. The minimum absolute atomic E-state index is 0.0106. The third-order valence-corrected chi connectivity index (χ3v) is 5.05. The molecule has 0 unspecified atom stereocenters. The van der Waals surface area contributed by atoms with Gasteiger partial charge in [-0.05, 0) is 23.7 Å². The molecule has 0 aliphatic carbocycles. The van der Waals surface area contributed by atoms with Gasteiger partial charge in [0, 0.05) is 33.1 Å². The molecule has 1 aliphatic rings. The largest absolute Gasteiger partial charge is 0.339 e. The van der Waals surface area contributed by atoms with Crippen molar-refractivity contribution in [1.29, 1.82) is 0 Å². The second kappa shape index (κ2) is 6.63. The Balaban J connectivity index is 1.71. The zero-order valence-corrected chi connectivity index (χ0v) is 14.3. The molecule has 2 aromatic heterocycles. The molecule has 0 atom stereocenters. The van der Waals surface area contributed by atoms with Crippen LogP contribution in [0.1, 0.15) is 6.92 Å². The number of nitrogens with zero attached hydrogens (tertiary/aromatic N) is 4. The molecule has 7 nitrogen and oxygen atoms in total. The van der Waals surface area contributed by atoms with Crippen LogP contribution in [0.4, 0.5) is 0 Å². The van der Waals surface area contributed by atoms with Gasteiger partial charge in [0.1, 0.15) is 6.54 Å². The van der Waals surface area contributed by atoms with Crippen LogP contribution in [0.3, 0.4) is 0 Å². The molecule has 0 spiro atoms. The maximum Gasteiger partial charge on any atom is 0.242 e. The third kappa shape index (κ3) is 3.35. The summed E-state index contributed by atoms with van der Waals surface area (Å²) in [5.74, 6) is 0.721. The van der Waals surface area contributed by atoms with Crippen molar-refractivity contribution in [1.82, 2.24) is 24.6 Å². The number of carbonyl (C=O) groups is 2. The predicted molar refractivity (Wildman–Crippen MR) is 89.6 cm³/mol. The van der Waals surface area contributed by atoms with E-state index in [0.717, 1.165) is 4.88 Å². The van der Waals surface area contributed by atoms with Crippen molar-refractivity contribution in [3.63, 3.8) is 0 Å². The van der Waals surface area contributed by atoms with Crippen LogP contribution in [0.5, 0.6) is 0 Å². The molecule has 122 valence electrons. The lowest BCUT2D eigenvalue weighted by Gasteiger charge is -2.34. The number of aromatic nitrogens is 3. The lowest BCUT2D eigenvalue weighted by molar-refractivity contribution is -0.138. The highest BCUT2D eigenvalue weighted by molar-refractivity contribution is 7.71. The number of hydrogen-bond donors (Lipinski definition) is 1. The van der Waals surface area contributed by atoms with Crippen molar-refractivity contribution in [3.8, 4) is 10.7 Å². The number of piperazine rings is 1. The molecule has 1 fully saturated rings. The van der Waals surface area contributed by atoms with Gasteiger partial charge in [-0.2, -0.15) is 5.10 Å². The van der Waals surface area contributed by atoms with Gasteiger partial charge in [-0.15, -0.1) is 11.3 Å². The number of rotatable bonds is 3. The van der Waals surface area contributed by atoms with Gasteiger partial charge in [0.05, 0.1) is 4.88 Å². The van der Waals surface area contributed by atoms with E-state index in [-0.39, 0.29) is 18.4 Å². The summed E-state index contributed by atoms with van der Waals surface area (Å²) in [5.41, 5.74) is 0. The van der Waals surface area contributed by atoms with Crippen LogP contribution in [-0.2, 0) is 16.1 Å². The fourth-order valence-electron chi connectivity index (χ4n) is 2.56. The topological polar surface area (TPSA) is 74.2 Å². The van der Waals surface area contributed by atoms with Gasteiger partial charge in [-0.3, -0.25) is 19.3 Å². The van der Waals surface area contributed by atoms with Crippen LogP contribution < -0.4 is 0 Å². The number of aromatic amines is 1. The minimum Gasteiger partial charge on any atom is -0.339 e. The average molecular weight is 351 g/mol. The first-order chi connectivity index (χ1) is 11.1. The fourth-order valence-corrected chi connectivity index (χ4v) is 3.48. The summed E-state index contributed by atoms with van der Waals surface area (Å²) in [4.78, 5) is 28.4. The lowest BCUT2D eigenvalue weighted by atomic mass is 10.3.